The Morgan fingerprint density at radius 2 is 1.93 bits per heavy atom. The van der Waals surface area contributed by atoms with Crippen molar-refractivity contribution in [2.24, 2.45) is 0 Å². The largest absolute Gasteiger partial charge is 0.462 e. The van der Waals surface area contributed by atoms with E-state index in [-0.39, 0.29) is 5.91 Å². The molecule has 7 heteroatoms. The van der Waals surface area contributed by atoms with E-state index in [4.69, 9.17) is 9.15 Å². The third-order valence-electron chi connectivity index (χ3n) is 4.73. The van der Waals surface area contributed by atoms with Crippen molar-refractivity contribution in [2.45, 2.75) is 20.0 Å². The van der Waals surface area contributed by atoms with Gasteiger partial charge in [-0.05, 0) is 30.2 Å². The van der Waals surface area contributed by atoms with Crippen molar-refractivity contribution < 1.29 is 13.9 Å². The molecular weight excluding hydrogens is 374 g/mol. The zero-order valence-electron chi connectivity index (χ0n) is 15.8. The topological polar surface area (TPSA) is 67.6 Å². The predicted octanol–water partition coefficient (Wildman–Crippen LogP) is 3.47. The molecule has 0 spiro atoms. The van der Waals surface area contributed by atoms with Gasteiger partial charge in [0.1, 0.15) is 5.69 Å². The lowest BCUT2D eigenvalue weighted by Gasteiger charge is -2.26. The van der Waals surface area contributed by atoms with Gasteiger partial charge in [0.2, 0.25) is 0 Å². The summed E-state index contributed by atoms with van der Waals surface area (Å²) >= 11 is 1.46. The number of benzene rings is 1. The maximum Gasteiger partial charge on any atom is 0.271 e. The van der Waals surface area contributed by atoms with Crippen molar-refractivity contribution in [2.75, 3.05) is 26.3 Å². The molecule has 1 aliphatic heterocycles. The highest BCUT2D eigenvalue weighted by Gasteiger charge is 2.17. The molecular formula is C21H23N3O3S. The van der Waals surface area contributed by atoms with E-state index >= 15 is 0 Å². The van der Waals surface area contributed by atoms with Crippen LogP contribution in [0.2, 0.25) is 0 Å². The standard InChI is InChI=1S/C21H23N3O3S/c1-15-19(23-21(28-15)18-3-2-10-27-18)20(25)22-13-16-4-6-17(7-5-16)14-24-8-11-26-12-9-24/h2-7,10H,8-9,11-14H2,1H3,(H,22,25). The zero-order chi connectivity index (χ0) is 19.3. The van der Waals surface area contributed by atoms with Crippen molar-refractivity contribution in [3.8, 4) is 10.8 Å². The lowest BCUT2D eigenvalue weighted by atomic mass is 10.1. The number of furan rings is 1. The lowest BCUT2D eigenvalue weighted by Crippen LogP contribution is -2.35. The number of aromatic nitrogens is 1. The second kappa shape index (κ2) is 8.68. The van der Waals surface area contributed by atoms with Gasteiger partial charge in [0.15, 0.2) is 10.8 Å². The number of carbonyl (C=O) groups excluding carboxylic acids is 1. The minimum atomic E-state index is -0.163. The summed E-state index contributed by atoms with van der Waals surface area (Å²) in [6, 6.07) is 12.0. The van der Waals surface area contributed by atoms with E-state index in [2.05, 4.69) is 39.5 Å². The molecule has 0 bridgehead atoms. The molecule has 28 heavy (non-hydrogen) atoms. The fraction of sp³-hybridized carbons (Fsp3) is 0.333. The molecule has 1 fully saturated rings. The molecule has 0 aliphatic carbocycles. The highest BCUT2D eigenvalue weighted by molar-refractivity contribution is 7.15. The summed E-state index contributed by atoms with van der Waals surface area (Å²) in [5.74, 6) is 0.520. The van der Waals surface area contributed by atoms with Gasteiger partial charge < -0.3 is 14.5 Å². The van der Waals surface area contributed by atoms with E-state index in [0.29, 0.717) is 18.0 Å². The summed E-state index contributed by atoms with van der Waals surface area (Å²) < 4.78 is 10.8. The van der Waals surface area contributed by atoms with Crippen LogP contribution in [0.1, 0.15) is 26.5 Å². The number of rotatable bonds is 6. The Bertz CT molecular complexity index is 913. The molecule has 3 heterocycles. The summed E-state index contributed by atoms with van der Waals surface area (Å²) in [5, 5.41) is 3.69. The van der Waals surface area contributed by atoms with Gasteiger partial charge >= 0.3 is 0 Å². The summed E-state index contributed by atoms with van der Waals surface area (Å²) in [7, 11) is 0. The monoisotopic (exact) mass is 397 g/mol. The first-order chi connectivity index (χ1) is 13.7. The molecule has 4 rings (SSSR count). The van der Waals surface area contributed by atoms with Gasteiger partial charge in [-0.15, -0.1) is 11.3 Å². The summed E-state index contributed by atoms with van der Waals surface area (Å²) in [6.45, 7) is 6.88. The third-order valence-corrected chi connectivity index (χ3v) is 5.71. The fourth-order valence-electron chi connectivity index (χ4n) is 3.16. The van der Waals surface area contributed by atoms with Gasteiger partial charge in [-0.3, -0.25) is 9.69 Å². The maximum absolute atomic E-state index is 12.5. The molecule has 1 amide bonds. The van der Waals surface area contributed by atoms with Crippen molar-refractivity contribution in [1.82, 2.24) is 15.2 Å². The van der Waals surface area contributed by atoms with Gasteiger partial charge in [-0.2, -0.15) is 0 Å². The number of hydrogen-bond donors (Lipinski definition) is 1. The molecule has 0 radical (unpaired) electrons. The molecule has 2 aromatic heterocycles. The Morgan fingerprint density at radius 1 is 1.18 bits per heavy atom. The second-order valence-corrected chi connectivity index (χ2v) is 7.99. The molecule has 3 aromatic rings. The van der Waals surface area contributed by atoms with E-state index in [1.165, 1.54) is 16.9 Å². The molecule has 0 atom stereocenters. The maximum atomic E-state index is 12.5. The number of carbonyl (C=O) groups is 1. The van der Waals surface area contributed by atoms with Gasteiger partial charge in [0.25, 0.3) is 5.91 Å². The minimum Gasteiger partial charge on any atom is -0.462 e. The van der Waals surface area contributed by atoms with Crippen LogP contribution in [0.5, 0.6) is 0 Å². The van der Waals surface area contributed by atoms with Crippen LogP contribution in [0.15, 0.2) is 47.1 Å². The molecule has 0 unspecified atom stereocenters. The Balaban J connectivity index is 1.33. The first-order valence-corrected chi connectivity index (χ1v) is 10.2. The van der Waals surface area contributed by atoms with Crippen LogP contribution in [0, 0.1) is 6.92 Å². The number of aryl methyl sites for hydroxylation is 1. The number of thiazole rings is 1. The van der Waals surface area contributed by atoms with Crippen LogP contribution < -0.4 is 5.32 Å². The Morgan fingerprint density at radius 3 is 2.64 bits per heavy atom. The SMILES string of the molecule is Cc1sc(-c2ccco2)nc1C(=O)NCc1ccc(CN2CCOCC2)cc1. The van der Waals surface area contributed by atoms with E-state index in [1.54, 1.807) is 6.26 Å². The number of hydrogen-bond acceptors (Lipinski definition) is 6. The van der Waals surface area contributed by atoms with Crippen LogP contribution >= 0.6 is 11.3 Å². The Labute approximate surface area is 168 Å². The average molecular weight is 398 g/mol. The van der Waals surface area contributed by atoms with Gasteiger partial charge in [-0.1, -0.05) is 24.3 Å². The zero-order valence-corrected chi connectivity index (χ0v) is 16.6. The summed E-state index contributed by atoms with van der Waals surface area (Å²) in [4.78, 5) is 20.2. The highest BCUT2D eigenvalue weighted by Crippen LogP contribution is 2.27. The van der Waals surface area contributed by atoms with Crippen LogP contribution in [0.25, 0.3) is 10.8 Å². The van der Waals surface area contributed by atoms with E-state index < -0.39 is 0 Å². The van der Waals surface area contributed by atoms with Crippen molar-refractivity contribution in [1.29, 1.82) is 0 Å². The molecule has 1 N–H and O–H groups in total. The summed E-state index contributed by atoms with van der Waals surface area (Å²) in [5.41, 5.74) is 2.80. The van der Waals surface area contributed by atoms with E-state index in [0.717, 1.165) is 48.3 Å². The fourth-order valence-corrected chi connectivity index (χ4v) is 4.04. The first-order valence-electron chi connectivity index (χ1n) is 9.36. The smallest absolute Gasteiger partial charge is 0.271 e. The van der Waals surface area contributed by atoms with Gasteiger partial charge in [-0.25, -0.2) is 4.98 Å². The molecule has 0 saturated carbocycles. The highest BCUT2D eigenvalue weighted by atomic mass is 32.1. The summed E-state index contributed by atoms with van der Waals surface area (Å²) in [6.07, 6.45) is 1.61. The second-order valence-electron chi connectivity index (χ2n) is 6.79. The predicted molar refractivity (Wildman–Crippen MR) is 108 cm³/mol. The van der Waals surface area contributed by atoms with Crippen LogP contribution in [-0.2, 0) is 17.8 Å². The van der Waals surface area contributed by atoms with Gasteiger partial charge in [0.05, 0.1) is 19.5 Å². The lowest BCUT2D eigenvalue weighted by molar-refractivity contribution is 0.0342. The number of nitrogens with one attached hydrogen (secondary N) is 1. The van der Waals surface area contributed by atoms with Crippen LogP contribution in [-0.4, -0.2) is 42.1 Å². The van der Waals surface area contributed by atoms with Crippen LogP contribution in [0.4, 0.5) is 0 Å². The Kier molecular flexibility index (Phi) is 5.85. The molecule has 6 nitrogen and oxygen atoms in total. The molecule has 1 saturated heterocycles. The third kappa shape index (κ3) is 4.49. The number of amides is 1. The Hall–Kier alpha value is -2.48. The van der Waals surface area contributed by atoms with E-state index in [1.807, 2.05) is 19.1 Å². The van der Waals surface area contributed by atoms with Crippen molar-refractivity contribution >= 4 is 17.2 Å². The van der Waals surface area contributed by atoms with Crippen molar-refractivity contribution in [3.63, 3.8) is 0 Å². The molecule has 1 aliphatic rings. The number of nitrogens with zero attached hydrogens (tertiary/aromatic N) is 2. The van der Waals surface area contributed by atoms with E-state index in [9.17, 15) is 4.79 Å². The average Bonchev–Trinajstić information content (AvgIpc) is 3.38. The minimum absolute atomic E-state index is 0.163. The van der Waals surface area contributed by atoms with Crippen molar-refractivity contribution in [3.05, 3.63) is 64.4 Å². The molecule has 146 valence electrons. The first kappa shape index (κ1) is 18.9. The van der Waals surface area contributed by atoms with Gasteiger partial charge in [0, 0.05) is 31.1 Å². The number of morpholine rings is 1. The normalized spacial score (nSPS) is 14.9. The van der Waals surface area contributed by atoms with Crippen LogP contribution in [0.3, 0.4) is 0 Å². The molecule has 1 aromatic carbocycles. The number of ether oxygens (including phenoxy) is 1. The quantitative estimate of drug-likeness (QED) is 0.690.